The summed E-state index contributed by atoms with van der Waals surface area (Å²) >= 11 is 6.04. The van der Waals surface area contributed by atoms with Crippen molar-refractivity contribution in [3.05, 3.63) is 64.7 Å². The third-order valence-electron chi connectivity index (χ3n) is 3.94. The van der Waals surface area contributed by atoms with Crippen LogP contribution in [0.5, 0.6) is 5.75 Å². The number of aryl methyl sites for hydroxylation is 1. The van der Waals surface area contributed by atoms with Crippen LogP contribution < -0.4 is 15.3 Å². The average Bonchev–Trinajstić information content (AvgIpc) is 2.65. The van der Waals surface area contributed by atoms with Gasteiger partial charge in [-0.15, -0.1) is 0 Å². The Kier molecular flexibility index (Phi) is 5.57. The number of benzene rings is 2. The van der Waals surface area contributed by atoms with Crippen LogP contribution in [-0.2, 0) is 4.79 Å². The van der Waals surface area contributed by atoms with Gasteiger partial charge in [-0.1, -0.05) is 11.6 Å². The van der Waals surface area contributed by atoms with Gasteiger partial charge >= 0.3 is 0 Å². The summed E-state index contributed by atoms with van der Waals surface area (Å²) in [6.07, 6.45) is 0. The third kappa shape index (κ3) is 4.74. The normalized spacial score (nSPS) is 11.4. The van der Waals surface area contributed by atoms with Crippen molar-refractivity contribution in [1.82, 2.24) is 4.98 Å². The van der Waals surface area contributed by atoms with Gasteiger partial charge < -0.3 is 14.6 Å². The van der Waals surface area contributed by atoms with Gasteiger partial charge in [0.05, 0.1) is 17.2 Å². The summed E-state index contributed by atoms with van der Waals surface area (Å²) in [4.78, 5) is 15.0. The van der Waals surface area contributed by atoms with Crippen LogP contribution in [0.25, 0.3) is 10.9 Å². The van der Waals surface area contributed by atoms with Crippen molar-refractivity contribution in [2.75, 3.05) is 12.0 Å². The molecule has 0 saturated heterocycles. The molecular weight excluding hydrogens is 366 g/mol. The summed E-state index contributed by atoms with van der Waals surface area (Å²) in [6, 6.07) is 14.4. The van der Waals surface area contributed by atoms with Crippen molar-refractivity contribution in [3.8, 4) is 5.75 Å². The number of rotatable bonds is 6. The van der Waals surface area contributed by atoms with Gasteiger partial charge in [-0.05, 0) is 73.5 Å². The highest BCUT2D eigenvalue weighted by molar-refractivity contribution is 6.31. The molecule has 1 N–H and O–H groups in total. The number of aromatic nitrogens is 1. The first-order valence-electron chi connectivity index (χ1n) is 8.22. The number of pyridine rings is 1. The number of carbonyl (C=O) groups is 1. The Labute approximate surface area is 161 Å². The SMILES string of the molecule is C/C(=N/Nc1cc(C)c2cc(Cl)ccc2n1)c1ccc(OCC(=O)[O-])cc1. The number of hydrogen-bond donors (Lipinski definition) is 1. The summed E-state index contributed by atoms with van der Waals surface area (Å²) in [7, 11) is 0. The predicted molar refractivity (Wildman–Crippen MR) is 104 cm³/mol. The van der Waals surface area contributed by atoms with E-state index in [0.29, 0.717) is 16.6 Å². The van der Waals surface area contributed by atoms with Gasteiger partial charge in [-0.25, -0.2) is 4.98 Å². The van der Waals surface area contributed by atoms with E-state index in [9.17, 15) is 9.90 Å². The smallest absolute Gasteiger partial charge is 0.147 e. The Hall–Kier alpha value is -3.12. The van der Waals surface area contributed by atoms with Crippen molar-refractivity contribution in [3.63, 3.8) is 0 Å². The summed E-state index contributed by atoms with van der Waals surface area (Å²) in [6.45, 7) is 3.37. The zero-order chi connectivity index (χ0) is 19.4. The first kappa shape index (κ1) is 18.7. The molecular formula is C20H17ClN3O3-. The molecule has 7 heteroatoms. The lowest BCUT2D eigenvalue weighted by Crippen LogP contribution is -2.28. The Morgan fingerprint density at radius 1 is 1.22 bits per heavy atom. The number of aliphatic carboxylic acids is 1. The lowest BCUT2D eigenvalue weighted by Gasteiger charge is -2.09. The van der Waals surface area contributed by atoms with Crippen molar-refractivity contribution in [1.29, 1.82) is 0 Å². The standard InChI is InChI=1S/C20H18ClN3O3/c1-12-9-19(22-18-8-5-15(21)10-17(12)18)24-23-13(2)14-3-6-16(7-4-14)27-11-20(25)26/h3-10H,11H2,1-2H3,(H,22,24)(H,25,26)/p-1/b23-13-. The quantitative estimate of drug-likeness (QED) is 0.522. The topological polar surface area (TPSA) is 86.6 Å². The van der Waals surface area contributed by atoms with Gasteiger partial charge in [-0.3, -0.25) is 5.43 Å². The lowest BCUT2D eigenvalue weighted by molar-refractivity contribution is -0.307. The molecule has 6 nitrogen and oxygen atoms in total. The van der Waals surface area contributed by atoms with Gasteiger partial charge in [0.2, 0.25) is 0 Å². The number of carbonyl (C=O) groups excluding carboxylic acids is 1. The molecule has 2 aromatic carbocycles. The van der Waals surface area contributed by atoms with E-state index in [1.165, 1.54) is 0 Å². The van der Waals surface area contributed by atoms with Gasteiger partial charge in [0, 0.05) is 10.4 Å². The predicted octanol–water partition coefficient (Wildman–Crippen LogP) is 3.16. The van der Waals surface area contributed by atoms with E-state index in [1.807, 2.05) is 32.0 Å². The lowest BCUT2D eigenvalue weighted by atomic mass is 10.1. The fourth-order valence-corrected chi connectivity index (χ4v) is 2.74. The number of nitrogens with one attached hydrogen (secondary N) is 1. The van der Waals surface area contributed by atoms with E-state index in [-0.39, 0.29) is 0 Å². The summed E-state index contributed by atoms with van der Waals surface area (Å²) < 4.78 is 5.06. The summed E-state index contributed by atoms with van der Waals surface area (Å²) in [5, 5.41) is 16.5. The molecule has 0 spiro atoms. The highest BCUT2D eigenvalue weighted by atomic mass is 35.5. The molecule has 0 aliphatic heterocycles. The number of halogens is 1. The number of ether oxygens (including phenoxy) is 1. The second-order valence-corrected chi connectivity index (χ2v) is 6.42. The molecule has 0 amide bonds. The van der Waals surface area contributed by atoms with E-state index in [0.717, 1.165) is 27.7 Å². The maximum absolute atomic E-state index is 10.4. The van der Waals surface area contributed by atoms with Crippen LogP contribution in [0, 0.1) is 6.92 Å². The molecule has 0 aliphatic rings. The average molecular weight is 383 g/mol. The van der Waals surface area contributed by atoms with E-state index in [2.05, 4.69) is 15.5 Å². The Morgan fingerprint density at radius 2 is 1.96 bits per heavy atom. The van der Waals surface area contributed by atoms with Crippen molar-refractivity contribution < 1.29 is 14.6 Å². The second-order valence-electron chi connectivity index (χ2n) is 5.98. The minimum absolute atomic E-state index is 0.453. The van der Waals surface area contributed by atoms with E-state index in [4.69, 9.17) is 16.3 Å². The van der Waals surface area contributed by atoms with Gasteiger partial charge in [-0.2, -0.15) is 5.10 Å². The van der Waals surface area contributed by atoms with Crippen LogP contribution in [-0.4, -0.2) is 23.3 Å². The van der Waals surface area contributed by atoms with Crippen LogP contribution in [0.3, 0.4) is 0 Å². The van der Waals surface area contributed by atoms with Crippen molar-refractivity contribution in [2.24, 2.45) is 5.10 Å². The molecule has 0 bridgehead atoms. The molecule has 0 fully saturated rings. The molecule has 27 heavy (non-hydrogen) atoms. The number of carboxylic acid groups (broad SMARTS) is 1. The van der Waals surface area contributed by atoms with Gasteiger partial charge in [0.25, 0.3) is 0 Å². The Balaban J connectivity index is 1.74. The third-order valence-corrected chi connectivity index (χ3v) is 4.18. The van der Waals surface area contributed by atoms with Gasteiger partial charge in [0.15, 0.2) is 0 Å². The maximum Gasteiger partial charge on any atom is 0.147 e. The molecule has 3 rings (SSSR count). The monoisotopic (exact) mass is 382 g/mol. The zero-order valence-electron chi connectivity index (χ0n) is 14.8. The molecule has 0 atom stereocenters. The van der Waals surface area contributed by atoms with Crippen LogP contribution in [0.2, 0.25) is 5.02 Å². The largest absolute Gasteiger partial charge is 0.546 e. The van der Waals surface area contributed by atoms with Crippen molar-refractivity contribution >= 4 is 40.0 Å². The van der Waals surface area contributed by atoms with Crippen molar-refractivity contribution in [2.45, 2.75) is 13.8 Å². The molecule has 1 heterocycles. The van der Waals surface area contributed by atoms with Gasteiger partial charge in [0.1, 0.15) is 18.2 Å². The minimum Gasteiger partial charge on any atom is -0.546 e. The van der Waals surface area contributed by atoms with E-state index >= 15 is 0 Å². The fourth-order valence-electron chi connectivity index (χ4n) is 2.56. The number of hydrogen-bond acceptors (Lipinski definition) is 6. The second kappa shape index (κ2) is 8.05. The number of hydrazone groups is 1. The maximum atomic E-state index is 10.4. The zero-order valence-corrected chi connectivity index (χ0v) is 15.6. The van der Waals surface area contributed by atoms with Crippen LogP contribution in [0.15, 0.2) is 53.6 Å². The summed E-state index contributed by atoms with van der Waals surface area (Å²) in [5.74, 6) is -0.175. The highest BCUT2D eigenvalue weighted by Crippen LogP contribution is 2.23. The number of carboxylic acids is 1. The van der Waals surface area contributed by atoms with E-state index in [1.54, 1.807) is 30.3 Å². The van der Waals surface area contributed by atoms with Crippen LogP contribution in [0.4, 0.5) is 5.82 Å². The molecule has 0 aliphatic carbocycles. The number of anilines is 1. The molecule has 3 aromatic rings. The number of fused-ring (bicyclic) bond motifs is 1. The minimum atomic E-state index is -1.26. The molecule has 0 saturated carbocycles. The molecule has 0 radical (unpaired) electrons. The van der Waals surface area contributed by atoms with Crippen LogP contribution in [0.1, 0.15) is 18.1 Å². The summed E-state index contributed by atoms with van der Waals surface area (Å²) in [5.41, 5.74) is 6.47. The fraction of sp³-hybridized carbons (Fsp3) is 0.150. The highest BCUT2D eigenvalue weighted by Gasteiger charge is 2.04. The Morgan fingerprint density at radius 3 is 2.67 bits per heavy atom. The first-order valence-corrected chi connectivity index (χ1v) is 8.60. The molecule has 1 aromatic heterocycles. The first-order chi connectivity index (χ1) is 12.9. The van der Waals surface area contributed by atoms with Crippen LogP contribution >= 0.6 is 11.6 Å². The molecule has 0 unspecified atom stereocenters. The molecule has 138 valence electrons. The Bertz CT molecular complexity index is 1020. The number of nitrogens with zero attached hydrogens (tertiary/aromatic N) is 2. The van der Waals surface area contributed by atoms with E-state index < -0.39 is 12.6 Å².